The number of hydrogen-bond donors (Lipinski definition) is 0. The molecule has 4 heterocycles. The Morgan fingerprint density at radius 2 is 0.909 bits per heavy atom. The first kappa shape index (κ1) is 36.5. The largest absolute Gasteiger partial charge is 0.456 e. The first-order valence-corrected chi connectivity index (χ1v) is 22.1. The van der Waals surface area contributed by atoms with Gasteiger partial charge in [0, 0.05) is 71.1 Å². The maximum atomic E-state index is 6.78. The Kier molecular flexibility index (Phi) is 7.88. The molecule has 0 aliphatic rings. The molecule has 10 aromatic carbocycles. The molecule has 0 spiro atoms. The van der Waals surface area contributed by atoms with Gasteiger partial charge in [-0.15, -0.1) is 0 Å². The van der Waals surface area contributed by atoms with Crippen molar-refractivity contribution in [3.8, 4) is 56.5 Å². The molecule has 14 aromatic rings. The maximum Gasteiger partial charge on any atom is 0.164 e. The van der Waals surface area contributed by atoms with Crippen LogP contribution in [0.15, 0.2) is 215 Å². The third-order valence-corrected chi connectivity index (χ3v) is 13.1. The van der Waals surface area contributed by atoms with Crippen molar-refractivity contribution in [2.45, 2.75) is 0 Å². The lowest BCUT2D eigenvalue weighted by Crippen LogP contribution is -2.01. The molecule has 0 radical (unpaired) electrons. The summed E-state index contributed by atoms with van der Waals surface area (Å²) < 4.78 is 13.6. The molecular weight excluding hydrogens is 809 g/mol. The van der Waals surface area contributed by atoms with Crippen LogP contribution in [0.2, 0.25) is 0 Å². The Morgan fingerprint density at radius 3 is 1.76 bits per heavy atom. The predicted octanol–water partition coefficient (Wildman–Crippen LogP) is 16.0. The van der Waals surface area contributed by atoms with Gasteiger partial charge in [0.05, 0.1) is 11.2 Å². The second-order valence-corrected chi connectivity index (χ2v) is 16.8. The van der Waals surface area contributed by atoms with Crippen molar-refractivity contribution in [1.29, 1.82) is 0 Å². The van der Waals surface area contributed by atoms with Gasteiger partial charge in [0.15, 0.2) is 17.5 Å². The number of hydrogen-bond acceptors (Lipinski definition) is 6. The Hall–Kier alpha value is -9.00. The molecular formula is C60H34N4O2. The van der Waals surface area contributed by atoms with Gasteiger partial charge in [0.2, 0.25) is 0 Å². The normalized spacial score (nSPS) is 11.9. The minimum Gasteiger partial charge on any atom is -0.456 e. The third kappa shape index (κ3) is 5.55. The van der Waals surface area contributed by atoms with Crippen LogP contribution < -0.4 is 0 Å². The molecule has 6 nitrogen and oxygen atoms in total. The van der Waals surface area contributed by atoms with Crippen LogP contribution in [0.1, 0.15) is 0 Å². The molecule has 0 N–H and O–H groups in total. The minimum atomic E-state index is 0.569. The number of rotatable bonds is 5. The van der Waals surface area contributed by atoms with Crippen LogP contribution in [-0.2, 0) is 0 Å². The quantitative estimate of drug-likeness (QED) is 0.161. The van der Waals surface area contributed by atoms with E-state index in [4.69, 9.17) is 28.8 Å². The standard InChI is InChI=1S/C60H34N4O2/c1-2-16-35(17-3-1)58-62-59(64-60(63-58)47-33-36-18-4-5-21-39(36)40-22-6-7-23-41(40)47)38-20-14-19-37(32-38)56-48-34-52-54(45-26-10-13-31-51(45)65-52)55(53(48)44-25-8-11-29-49(44)61-56)46-28-15-27-43-42-24-9-12-30-50(42)66-57(43)46/h1-34H. The highest BCUT2D eigenvalue weighted by atomic mass is 16.3. The fraction of sp³-hybridized carbons (Fsp3) is 0. The molecule has 0 atom stereocenters. The van der Waals surface area contributed by atoms with E-state index < -0.39 is 0 Å². The highest BCUT2D eigenvalue weighted by Crippen LogP contribution is 2.49. The number of aromatic nitrogens is 4. The lowest BCUT2D eigenvalue weighted by atomic mass is 9.88. The SMILES string of the molecule is c1ccc(-c2nc(-c3cccc(-c4nc5ccccc5c5c(-c6cccc7c6oc6ccccc67)c6c(cc45)oc4ccccc46)c3)nc(-c3cc4ccccc4c4ccccc34)n2)cc1. The Balaban J connectivity index is 1.04. The monoisotopic (exact) mass is 842 g/mol. The van der Waals surface area contributed by atoms with Crippen molar-refractivity contribution < 1.29 is 8.83 Å². The predicted molar refractivity (Wildman–Crippen MR) is 269 cm³/mol. The number of pyridine rings is 1. The van der Waals surface area contributed by atoms with Crippen LogP contribution in [0.3, 0.4) is 0 Å². The lowest BCUT2D eigenvalue weighted by Gasteiger charge is -2.16. The molecule has 0 bridgehead atoms. The first-order chi connectivity index (χ1) is 32.7. The van der Waals surface area contributed by atoms with E-state index in [1.165, 1.54) is 5.39 Å². The minimum absolute atomic E-state index is 0.569. The summed E-state index contributed by atoms with van der Waals surface area (Å²) in [4.78, 5) is 21.1. The van der Waals surface area contributed by atoms with Crippen molar-refractivity contribution in [2.75, 3.05) is 0 Å². The summed E-state index contributed by atoms with van der Waals surface area (Å²) in [5.41, 5.74) is 10.7. The van der Waals surface area contributed by atoms with Gasteiger partial charge in [-0.3, -0.25) is 0 Å². The number of para-hydroxylation sites is 4. The highest BCUT2D eigenvalue weighted by Gasteiger charge is 2.25. The van der Waals surface area contributed by atoms with E-state index in [9.17, 15) is 0 Å². The number of nitrogens with zero attached hydrogens (tertiary/aromatic N) is 4. The van der Waals surface area contributed by atoms with Gasteiger partial charge in [0.1, 0.15) is 22.3 Å². The van der Waals surface area contributed by atoms with Crippen molar-refractivity contribution in [1.82, 2.24) is 19.9 Å². The summed E-state index contributed by atoms with van der Waals surface area (Å²) in [5, 5.41) is 11.9. The highest BCUT2D eigenvalue weighted by molar-refractivity contribution is 6.30. The van der Waals surface area contributed by atoms with Crippen LogP contribution in [0, 0.1) is 0 Å². The van der Waals surface area contributed by atoms with E-state index in [2.05, 4.69) is 152 Å². The van der Waals surface area contributed by atoms with E-state index in [0.29, 0.717) is 17.5 Å². The average Bonchev–Trinajstić information content (AvgIpc) is 3.96. The molecule has 0 amide bonds. The number of benzene rings is 10. The van der Waals surface area contributed by atoms with Gasteiger partial charge >= 0.3 is 0 Å². The third-order valence-electron chi connectivity index (χ3n) is 13.1. The molecule has 0 unspecified atom stereocenters. The number of fused-ring (bicyclic) bond motifs is 12. The van der Waals surface area contributed by atoms with Crippen molar-refractivity contribution in [3.05, 3.63) is 206 Å². The Morgan fingerprint density at radius 1 is 0.303 bits per heavy atom. The Labute approximate surface area is 377 Å². The molecule has 0 aliphatic heterocycles. The van der Waals surface area contributed by atoms with Gasteiger partial charge in [-0.25, -0.2) is 19.9 Å². The zero-order valence-corrected chi connectivity index (χ0v) is 35.2. The molecule has 0 saturated carbocycles. The van der Waals surface area contributed by atoms with Gasteiger partial charge in [-0.1, -0.05) is 170 Å². The summed E-state index contributed by atoms with van der Waals surface area (Å²) in [6.45, 7) is 0. The first-order valence-electron chi connectivity index (χ1n) is 22.1. The van der Waals surface area contributed by atoms with Crippen LogP contribution in [-0.4, -0.2) is 19.9 Å². The lowest BCUT2D eigenvalue weighted by molar-refractivity contribution is 0.669. The van der Waals surface area contributed by atoms with E-state index in [1.807, 2.05) is 54.6 Å². The zero-order valence-electron chi connectivity index (χ0n) is 35.2. The summed E-state index contributed by atoms with van der Waals surface area (Å²) in [6.07, 6.45) is 0. The smallest absolute Gasteiger partial charge is 0.164 e. The fourth-order valence-electron chi connectivity index (χ4n) is 10.1. The summed E-state index contributed by atoms with van der Waals surface area (Å²) in [5.74, 6) is 1.78. The molecule has 6 heteroatoms. The molecule has 4 aromatic heterocycles. The Bertz CT molecular complexity index is 4300. The zero-order chi connectivity index (χ0) is 43.3. The topological polar surface area (TPSA) is 77.8 Å². The van der Waals surface area contributed by atoms with E-state index in [0.717, 1.165) is 121 Å². The second-order valence-electron chi connectivity index (χ2n) is 16.8. The molecule has 0 aliphatic carbocycles. The summed E-state index contributed by atoms with van der Waals surface area (Å²) in [6, 6.07) is 71.4. The van der Waals surface area contributed by atoms with Crippen molar-refractivity contribution in [2.24, 2.45) is 0 Å². The van der Waals surface area contributed by atoms with Crippen molar-refractivity contribution in [3.63, 3.8) is 0 Å². The van der Waals surface area contributed by atoms with Crippen LogP contribution >= 0.6 is 0 Å². The van der Waals surface area contributed by atoms with Crippen molar-refractivity contribution >= 4 is 87.1 Å². The van der Waals surface area contributed by atoms with Gasteiger partial charge in [-0.05, 0) is 57.9 Å². The van der Waals surface area contributed by atoms with E-state index in [-0.39, 0.29) is 0 Å². The second kappa shape index (κ2) is 14.3. The molecule has 0 fully saturated rings. The molecule has 66 heavy (non-hydrogen) atoms. The van der Waals surface area contributed by atoms with Crippen LogP contribution in [0.25, 0.3) is 144 Å². The van der Waals surface area contributed by atoms with Crippen LogP contribution in [0.5, 0.6) is 0 Å². The fourth-order valence-corrected chi connectivity index (χ4v) is 10.1. The average molecular weight is 843 g/mol. The maximum absolute atomic E-state index is 6.78. The van der Waals surface area contributed by atoms with E-state index in [1.54, 1.807) is 0 Å². The van der Waals surface area contributed by atoms with Gasteiger partial charge in [0.25, 0.3) is 0 Å². The van der Waals surface area contributed by atoms with Crippen LogP contribution in [0.4, 0.5) is 0 Å². The molecule has 306 valence electrons. The van der Waals surface area contributed by atoms with E-state index >= 15 is 0 Å². The summed E-state index contributed by atoms with van der Waals surface area (Å²) >= 11 is 0. The molecule has 14 rings (SSSR count). The summed E-state index contributed by atoms with van der Waals surface area (Å²) in [7, 11) is 0. The molecule has 0 saturated heterocycles. The number of furan rings is 2. The van der Waals surface area contributed by atoms with Gasteiger partial charge in [-0.2, -0.15) is 0 Å². The van der Waals surface area contributed by atoms with Gasteiger partial charge < -0.3 is 8.83 Å².